The maximum Gasteiger partial charge on any atom is 0.245 e. The first-order valence-corrected chi connectivity index (χ1v) is 7.87. The monoisotopic (exact) mass is 319 g/mol. The molecule has 0 aliphatic heterocycles. The third-order valence-corrected chi connectivity index (χ3v) is 4.00. The molecule has 1 atom stereocenters. The Morgan fingerprint density at radius 1 is 1.21 bits per heavy atom. The number of aromatic nitrogens is 1. The fraction of sp³-hybridized carbons (Fsp3) is 0.263. The van der Waals surface area contributed by atoms with Crippen molar-refractivity contribution in [1.82, 2.24) is 10.3 Å². The predicted molar refractivity (Wildman–Crippen MR) is 89.0 cm³/mol. The lowest BCUT2D eigenvalue weighted by Gasteiger charge is -2.11. The van der Waals surface area contributed by atoms with Crippen molar-refractivity contribution in [3.05, 3.63) is 53.7 Å². The first-order chi connectivity index (χ1) is 11.6. The molecule has 1 aliphatic rings. The van der Waals surface area contributed by atoms with Crippen molar-refractivity contribution in [3.8, 4) is 17.3 Å². The van der Waals surface area contributed by atoms with Gasteiger partial charge in [-0.1, -0.05) is 30.3 Å². The molecule has 1 heterocycles. The molecule has 1 amide bonds. The quantitative estimate of drug-likeness (QED) is 0.678. The summed E-state index contributed by atoms with van der Waals surface area (Å²) in [5.74, 6) is -2.34. The SMILES string of the molecule is Cc1nc(-c2ccccc2)ccc1C(=O)C(C#N)C(=O)NC1CC1. The number of benzene rings is 1. The van der Waals surface area contributed by atoms with Crippen LogP contribution in [0.2, 0.25) is 0 Å². The van der Waals surface area contributed by atoms with Gasteiger partial charge in [0.2, 0.25) is 5.91 Å². The minimum Gasteiger partial charge on any atom is -0.352 e. The standard InChI is InChI=1S/C19H17N3O2/c1-12-15(9-10-17(21-12)13-5-3-2-4-6-13)18(23)16(11-20)19(24)22-14-7-8-14/h2-6,9-10,14,16H,7-8H2,1H3,(H,22,24). The van der Waals surface area contributed by atoms with Gasteiger partial charge in [0.15, 0.2) is 11.7 Å². The molecule has 0 bridgehead atoms. The molecule has 1 aliphatic carbocycles. The van der Waals surface area contributed by atoms with Gasteiger partial charge >= 0.3 is 0 Å². The Morgan fingerprint density at radius 2 is 1.92 bits per heavy atom. The third-order valence-electron chi connectivity index (χ3n) is 4.00. The van der Waals surface area contributed by atoms with Gasteiger partial charge in [-0.15, -0.1) is 0 Å². The second-order valence-corrected chi connectivity index (χ2v) is 5.90. The average Bonchev–Trinajstić information content (AvgIpc) is 3.40. The summed E-state index contributed by atoms with van der Waals surface area (Å²) in [6.07, 6.45) is 1.81. The maximum atomic E-state index is 12.6. The zero-order valence-electron chi connectivity index (χ0n) is 13.3. The number of nitriles is 1. The van der Waals surface area contributed by atoms with Crippen LogP contribution < -0.4 is 5.32 Å². The second-order valence-electron chi connectivity index (χ2n) is 5.90. The van der Waals surface area contributed by atoms with Gasteiger partial charge in [0.1, 0.15) is 0 Å². The van der Waals surface area contributed by atoms with E-state index in [0.29, 0.717) is 11.3 Å². The van der Waals surface area contributed by atoms with Gasteiger partial charge < -0.3 is 5.32 Å². The Hall–Kier alpha value is -3.00. The molecule has 3 rings (SSSR count). The van der Waals surface area contributed by atoms with Crippen molar-refractivity contribution in [2.45, 2.75) is 25.8 Å². The summed E-state index contributed by atoms with van der Waals surface area (Å²) in [6, 6.07) is 14.9. The van der Waals surface area contributed by atoms with Crippen molar-refractivity contribution in [1.29, 1.82) is 5.26 Å². The lowest BCUT2D eigenvalue weighted by atomic mass is 9.96. The van der Waals surface area contributed by atoms with Gasteiger partial charge in [0.05, 0.1) is 11.8 Å². The molecule has 1 N–H and O–H groups in total. The van der Waals surface area contributed by atoms with Gasteiger partial charge in [-0.25, -0.2) is 0 Å². The van der Waals surface area contributed by atoms with Crippen LogP contribution in [-0.4, -0.2) is 22.7 Å². The number of Topliss-reactive ketones (excluding diaryl/α,β-unsaturated/α-hetero) is 1. The molecular formula is C19H17N3O2. The third kappa shape index (κ3) is 3.33. The van der Waals surface area contributed by atoms with E-state index in [9.17, 15) is 14.9 Å². The van der Waals surface area contributed by atoms with E-state index in [-0.39, 0.29) is 6.04 Å². The number of ketones is 1. The summed E-state index contributed by atoms with van der Waals surface area (Å²) in [6.45, 7) is 1.72. The number of nitrogens with zero attached hydrogens (tertiary/aromatic N) is 2. The Morgan fingerprint density at radius 3 is 2.50 bits per heavy atom. The zero-order chi connectivity index (χ0) is 17.1. The zero-order valence-corrected chi connectivity index (χ0v) is 13.3. The Kier molecular flexibility index (Phi) is 4.39. The van der Waals surface area contributed by atoms with E-state index in [1.54, 1.807) is 19.1 Å². The van der Waals surface area contributed by atoms with Crippen LogP contribution in [0.5, 0.6) is 0 Å². The highest BCUT2D eigenvalue weighted by atomic mass is 16.2. The summed E-state index contributed by atoms with van der Waals surface area (Å²) in [7, 11) is 0. The van der Waals surface area contributed by atoms with E-state index in [2.05, 4.69) is 10.3 Å². The van der Waals surface area contributed by atoms with E-state index in [1.165, 1.54) is 0 Å². The van der Waals surface area contributed by atoms with Crippen molar-refractivity contribution in [2.75, 3.05) is 0 Å². The number of nitrogens with one attached hydrogen (secondary N) is 1. The van der Waals surface area contributed by atoms with Crippen LogP contribution in [0.4, 0.5) is 0 Å². The number of hydrogen-bond acceptors (Lipinski definition) is 4. The van der Waals surface area contributed by atoms with Crippen LogP contribution in [0.1, 0.15) is 28.9 Å². The van der Waals surface area contributed by atoms with Crippen molar-refractivity contribution < 1.29 is 9.59 Å². The lowest BCUT2D eigenvalue weighted by molar-refractivity contribution is -0.122. The van der Waals surface area contributed by atoms with E-state index < -0.39 is 17.6 Å². The largest absolute Gasteiger partial charge is 0.352 e. The summed E-state index contributed by atoms with van der Waals surface area (Å²) < 4.78 is 0. The molecule has 1 aromatic carbocycles. The summed E-state index contributed by atoms with van der Waals surface area (Å²) in [5.41, 5.74) is 2.52. The summed E-state index contributed by atoms with van der Waals surface area (Å²) >= 11 is 0. The average molecular weight is 319 g/mol. The Bertz CT molecular complexity index is 820. The number of carbonyl (C=O) groups excluding carboxylic acids is 2. The van der Waals surface area contributed by atoms with E-state index in [1.807, 2.05) is 36.4 Å². The number of pyridine rings is 1. The molecule has 24 heavy (non-hydrogen) atoms. The van der Waals surface area contributed by atoms with Gasteiger partial charge in [0.25, 0.3) is 0 Å². The van der Waals surface area contributed by atoms with E-state index >= 15 is 0 Å². The van der Waals surface area contributed by atoms with Crippen molar-refractivity contribution >= 4 is 11.7 Å². The first-order valence-electron chi connectivity index (χ1n) is 7.87. The van der Waals surface area contributed by atoms with Crippen molar-refractivity contribution in [2.24, 2.45) is 5.92 Å². The summed E-state index contributed by atoms with van der Waals surface area (Å²) in [5, 5.41) is 11.9. The minimum atomic E-state index is -1.33. The Balaban J connectivity index is 1.84. The normalized spacial score (nSPS) is 14.5. The fourth-order valence-corrected chi connectivity index (χ4v) is 2.50. The van der Waals surface area contributed by atoms with Gasteiger partial charge in [-0.2, -0.15) is 5.26 Å². The summed E-state index contributed by atoms with van der Waals surface area (Å²) in [4.78, 5) is 29.1. The molecule has 0 saturated heterocycles. The molecule has 0 radical (unpaired) electrons. The highest BCUT2D eigenvalue weighted by Crippen LogP contribution is 2.22. The van der Waals surface area contributed by atoms with E-state index in [4.69, 9.17) is 0 Å². The number of aryl methyl sites for hydroxylation is 1. The molecule has 2 aromatic rings. The predicted octanol–water partition coefficient (Wildman–Crippen LogP) is 2.66. The molecular weight excluding hydrogens is 302 g/mol. The minimum absolute atomic E-state index is 0.112. The van der Waals surface area contributed by atoms with Crippen LogP contribution in [0.3, 0.4) is 0 Å². The molecule has 5 heteroatoms. The molecule has 5 nitrogen and oxygen atoms in total. The molecule has 1 fully saturated rings. The van der Waals surface area contributed by atoms with Crippen LogP contribution in [0.15, 0.2) is 42.5 Å². The lowest BCUT2D eigenvalue weighted by Crippen LogP contribution is -2.36. The fourth-order valence-electron chi connectivity index (χ4n) is 2.50. The first kappa shape index (κ1) is 15.9. The second kappa shape index (κ2) is 6.63. The Labute approximate surface area is 140 Å². The van der Waals surface area contributed by atoms with E-state index in [0.717, 1.165) is 24.1 Å². The van der Waals surface area contributed by atoms with Crippen LogP contribution >= 0.6 is 0 Å². The number of hydrogen-bond donors (Lipinski definition) is 1. The topological polar surface area (TPSA) is 82.8 Å². The van der Waals surface area contributed by atoms with Crippen LogP contribution in [0.25, 0.3) is 11.3 Å². The molecule has 1 unspecified atom stereocenters. The smallest absolute Gasteiger partial charge is 0.245 e. The highest BCUT2D eigenvalue weighted by molar-refractivity contribution is 6.12. The highest BCUT2D eigenvalue weighted by Gasteiger charge is 2.33. The number of rotatable bonds is 5. The number of carbonyl (C=O) groups is 2. The van der Waals surface area contributed by atoms with Crippen LogP contribution in [-0.2, 0) is 4.79 Å². The molecule has 0 spiro atoms. The molecule has 1 aromatic heterocycles. The molecule has 1 saturated carbocycles. The van der Waals surface area contributed by atoms with Crippen LogP contribution in [0, 0.1) is 24.2 Å². The molecule has 120 valence electrons. The van der Waals surface area contributed by atoms with Crippen molar-refractivity contribution in [3.63, 3.8) is 0 Å². The van der Waals surface area contributed by atoms with Gasteiger partial charge in [-0.3, -0.25) is 14.6 Å². The van der Waals surface area contributed by atoms with Gasteiger partial charge in [-0.05, 0) is 31.9 Å². The maximum absolute atomic E-state index is 12.6. The van der Waals surface area contributed by atoms with Gasteiger partial charge in [0, 0.05) is 22.9 Å². The number of amides is 1.